The number of benzene rings is 1. The Morgan fingerprint density at radius 3 is 2.68 bits per heavy atom. The molecule has 1 fully saturated rings. The first kappa shape index (κ1) is 11.6. The molecular formula is C14H13N3O2. The zero-order valence-electron chi connectivity index (χ0n) is 10.2. The lowest BCUT2D eigenvalue weighted by atomic mass is 9.88. The number of carbonyl (C=O) groups excluding carboxylic acids is 2. The van der Waals surface area contributed by atoms with Crippen molar-refractivity contribution < 1.29 is 9.59 Å². The van der Waals surface area contributed by atoms with Crippen molar-refractivity contribution in [2.45, 2.75) is 18.8 Å². The fraction of sp³-hybridized carbons (Fsp3) is 0.214. The van der Waals surface area contributed by atoms with E-state index in [1.54, 1.807) is 6.20 Å². The number of pyridine rings is 1. The molecule has 1 saturated heterocycles. The van der Waals surface area contributed by atoms with Crippen LogP contribution in [0.1, 0.15) is 24.3 Å². The van der Waals surface area contributed by atoms with Crippen molar-refractivity contribution in [3.8, 4) is 0 Å². The number of anilines is 1. The Morgan fingerprint density at radius 2 is 1.95 bits per heavy atom. The molecule has 5 nitrogen and oxygen atoms in total. The zero-order valence-corrected chi connectivity index (χ0v) is 10.2. The van der Waals surface area contributed by atoms with Crippen LogP contribution < -0.4 is 11.1 Å². The number of nitrogens with two attached hydrogens (primary N) is 1. The summed E-state index contributed by atoms with van der Waals surface area (Å²) in [5.41, 5.74) is 6.67. The SMILES string of the molecule is Nc1ncc(C2CCC(=O)NC2=O)c2ccccc12. The van der Waals surface area contributed by atoms with Crippen molar-refractivity contribution in [1.29, 1.82) is 0 Å². The molecule has 2 aromatic rings. The van der Waals surface area contributed by atoms with Gasteiger partial charge < -0.3 is 5.73 Å². The number of nitrogens with one attached hydrogen (secondary N) is 1. The second kappa shape index (κ2) is 4.35. The normalized spacial score (nSPS) is 19.5. The average molecular weight is 255 g/mol. The largest absolute Gasteiger partial charge is 0.383 e. The van der Waals surface area contributed by atoms with Crippen molar-refractivity contribution in [2.75, 3.05) is 5.73 Å². The van der Waals surface area contributed by atoms with E-state index in [-0.39, 0.29) is 17.7 Å². The fourth-order valence-electron chi connectivity index (χ4n) is 2.50. The summed E-state index contributed by atoms with van der Waals surface area (Å²) in [6.07, 6.45) is 2.51. The molecule has 0 radical (unpaired) electrons. The summed E-state index contributed by atoms with van der Waals surface area (Å²) in [7, 11) is 0. The van der Waals surface area contributed by atoms with E-state index in [4.69, 9.17) is 5.73 Å². The third kappa shape index (κ3) is 1.93. The van der Waals surface area contributed by atoms with Crippen LogP contribution in [-0.4, -0.2) is 16.8 Å². The maximum atomic E-state index is 11.9. The van der Waals surface area contributed by atoms with Crippen LogP contribution in [0.5, 0.6) is 0 Å². The summed E-state index contributed by atoms with van der Waals surface area (Å²) >= 11 is 0. The van der Waals surface area contributed by atoms with E-state index in [1.165, 1.54) is 0 Å². The van der Waals surface area contributed by atoms with Gasteiger partial charge in [-0.25, -0.2) is 4.98 Å². The Labute approximate surface area is 109 Å². The molecule has 0 bridgehead atoms. The molecule has 5 heteroatoms. The maximum Gasteiger partial charge on any atom is 0.234 e. The van der Waals surface area contributed by atoms with Crippen molar-refractivity contribution in [3.05, 3.63) is 36.0 Å². The molecule has 1 aromatic carbocycles. The van der Waals surface area contributed by atoms with Crippen molar-refractivity contribution in [3.63, 3.8) is 0 Å². The number of imide groups is 1. The summed E-state index contributed by atoms with van der Waals surface area (Å²) in [6, 6.07) is 7.59. The Balaban J connectivity index is 2.13. The van der Waals surface area contributed by atoms with Crippen LogP contribution >= 0.6 is 0 Å². The van der Waals surface area contributed by atoms with Crippen LogP contribution in [0.4, 0.5) is 5.82 Å². The quantitative estimate of drug-likeness (QED) is 0.753. The maximum absolute atomic E-state index is 11.9. The molecule has 1 aliphatic heterocycles. The molecule has 0 spiro atoms. The minimum atomic E-state index is -0.337. The van der Waals surface area contributed by atoms with Gasteiger partial charge in [-0.15, -0.1) is 0 Å². The Hall–Kier alpha value is -2.43. The lowest BCUT2D eigenvalue weighted by Crippen LogP contribution is -2.39. The highest BCUT2D eigenvalue weighted by molar-refractivity contribution is 6.03. The Kier molecular flexibility index (Phi) is 2.67. The molecule has 0 saturated carbocycles. The number of nitrogens with zero attached hydrogens (tertiary/aromatic N) is 1. The van der Waals surface area contributed by atoms with Gasteiger partial charge in [-0.05, 0) is 17.4 Å². The first-order valence-corrected chi connectivity index (χ1v) is 6.13. The topological polar surface area (TPSA) is 85.1 Å². The van der Waals surface area contributed by atoms with E-state index in [0.717, 1.165) is 16.3 Å². The smallest absolute Gasteiger partial charge is 0.234 e. The minimum absolute atomic E-state index is 0.214. The van der Waals surface area contributed by atoms with E-state index >= 15 is 0 Å². The third-order valence-corrected chi connectivity index (χ3v) is 3.47. The molecule has 1 unspecified atom stereocenters. The van der Waals surface area contributed by atoms with Crippen molar-refractivity contribution in [2.24, 2.45) is 0 Å². The number of carbonyl (C=O) groups is 2. The number of amides is 2. The number of hydrogen-bond donors (Lipinski definition) is 2. The van der Waals surface area contributed by atoms with Gasteiger partial charge in [0.2, 0.25) is 11.8 Å². The van der Waals surface area contributed by atoms with Gasteiger partial charge in [0.05, 0.1) is 5.92 Å². The second-order valence-corrected chi connectivity index (χ2v) is 4.65. The summed E-state index contributed by atoms with van der Waals surface area (Å²) in [5, 5.41) is 4.13. The van der Waals surface area contributed by atoms with Crippen LogP contribution in [0, 0.1) is 0 Å². The highest BCUT2D eigenvalue weighted by Crippen LogP contribution is 2.31. The van der Waals surface area contributed by atoms with E-state index in [0.29, 0.717) is 18.7 Å². The molecule has 96 valence electrons. The van der Waals surface area contributed by atoms with Gasteiger partial charge in [0.25, 0.3) is 0 Å². The Bertz CT molecular complexity index is 681. The predicted molar refractivity (Wildman–Crippen MR) is 71.3 cm³/mol. The van der Waals surface area contributed by atoms with E-state index < -0.39 is 0 Å². The third-order valence-electron chi connectivity index (χ3n) is 3.47. The fourth-order valence-corrected chi connectivity index (χ4v) is 2.50. The van der Waals surface area contributed by atoms with Gasteiger partial charge in [0.1, 0.15) is 5.82 Å². The number of nitrogen functional groups attached to an aromatic ring is 1. The summed E-state index contributed by atoms with van der Waals surface area (Å²) in [4.78, 5) is 27.3. The predicted octanol–water partition coefficient (Wildman–Crippen LogP) is 1.34. The molecule has 1 aromatic heterocycles. The summed E-state index contributed by atoms with van der Waals surface area (Å²) in [5.74, 6) is -0.357. The molecular weight excluding hydrogens is 242 g/mol. The highest BCUT2D eigenvalue weighted by atomic mass is 16.2. The van der Waals surface area contributed by atoms with Gasteiger partial charge in [-0.3, -0.25) is 14.9 Å². The second-order valence-electron chi connectivity index (χ2n) is 4.65. The van der Waals surface area contributed by atoms with Gasteiger partial charge in [-0.2, -0.15) is 0 Å². The van der Waals surface area contributed by atoms with E-state index in [9.17, 15) is 9.59 Å². The van der Waals surface area contributed by atoms with Crippen molar-refractivity contribution in [1.82, 2.24) is 10.3 Å². The van der Waals surface area contributed by atoms with Crippen molar-refractivity contribution >= 4 is 28.4 Å². The summed E-state index contributed by atoms with van der Waals surface area (Å²) in [6.45, 7) is 0. The van der Waals surface area contributed by atoms with Crippen LogP contribution in [0.15, 0.2) is 30.5 Å². The minimum Gasteiger partial charge on any atom is -0.383 e. The van der Waals surface area contributed by atoms with Gasteiger partial charge in [0.15, 0.2) is 0 Å². The monoisotopic (exact) mass is 255 g/mol. The van der Waals surface area contributed by atoms with Crippen LogP contribution in [0.3, 0.4) is 0 Å². The zero-order chi connectivity index (χ0) is 13.4. The molecule has 1 aliphatic rings. The van der Waals surface area contributed by atoms with E-state index in [1.807, 2.05) is 24.3 Å². The lowest BCUT2D eigenvalue weighted by molar-refractivity contribution is -0.134. The van der Waals surface area contributed by atoms with E-state index in [2.05, 4.69) is 10.3 Å². The highest BCUT2D eigenvalue weighted by Gasteiger charge is 2.29. The lowest BCUT2D eigenvalue weighted by Gasteiger charge is -2.22. The number of aromatic nitrogens is 1. The average Bonchev–Trinajstić information content (AvgIpc) is 2.41. The molecule has 0 aliphatic carbocycles. The molecule has 1 atom stereocenters. The number of rotatable bonds is 1. The van der Waals surface area contributed by atoms with Crippen LogP contribution in [-0.2, 0) is 9.59 Å². The molecule has 3 rings (SSSR count). The first-order chi connectivity index (χ1) is 9.16. The Morgan fingerprint density at radius 1 is 1.21 bits per heavy atom. The van der Waals surface area contributed by atoms with Crippen LogP contribution in [0.25, 0.3) is 10.8 Å². The van der Waals surface area contributed by atoms with Gasteiger partial charge in [-0.1, -0.05) is 24.3 Å². The standard InChI is InChI=1S/C14H13N3O2/c15-13-9-4-2-1-3-8(9)11(7-16-13)10-5-6-12(18)17-14(10)19/h1-4,7,10H,5-6H2,(H2,15,16)(H,17,18,19). The number of piperidine rings is 1. The first-order valence-electron chi connectivity index (χ1n) is 6.13. The summed E-state index contributed by atoms with van der Waals surface area (Å²) < 4.78 is 0. The molecule has 2 amide bonds. The number of hydrogen-bond acceptors (Lipinski definition) is 4. The molecule has 3 N–H and O–H groups in total. The van der Waals surface area contributed by atoms with Gasteiger partial charge >= 0.3 is 0 Å². The molecule has 2 heterocycles. The number of fused-ring (bicyclic) bond motifs is 1. The van der Waals surface area contributed by atoms with Crippen LogP contribution in [0.2, 0.25) is 0 Å². The van der Waals surface area contributed by atoms with Gasteiger partial charge in [0, 0.05) is 18.0 Å². The molecule has 19 heavy (non-hydrogen) atoms.